The van der Waals surface area contributed by atoms with E-state index >= 15 is 0 Å². The van der Waals surface area contributed by atoms with Crippen LogP contribution in [0, 0.1) is 0 Å². The predicted molar refractivity (Wildman–Crippen MR) is 62.3 cm³/mol. The number of hydrogen-bond acceptors (Lipinski definition) is 2. The van der Waals surface area contributed by atoms with Gasteiger partial charge >= 0.3 is 100 Å². The quantitative estimate of drug-likeness (QED) is 0.589. The van der Waals surface area contributed by atoms with Crippen molar-refractivity contribution in [1.29, 1.82) is 0 Å². The summed E-state index contributed by atoms with van der Waals surface area (Å²) in [5, 5.41) is 0. The van der Waals surface area contributed by atoms with Gasteiger partial charge in [-0.1, -0.05) is 0 Å². The number of amides is 2. The summed E-state index contributed by atoms with van der Waals surface area (Å²) in [4.78, 5) is 24.5. The van der Waals surface area contributed by atoms with Gasteiger partial charge in [-0.15, -0.1) is 0 Å². The van der Waals surface area contributed by atoms with Gasteiger partial charge in [-0.25, -0.2) is 0 Å². The molecule has 0 radical (unpaired) electrons. The van der Waals surface area contributed by atoms with Gasteiger partial charge in [0.1, 0.15) is 0 Å². The molecule has 1 heterocycles. The maximum atomic E-state index is 11.8. The molecule has 0 N–H and O–H groups in total. The Balaban J connectivity index is 2.16. The second-order valence-corrected chi connectivity index (χ2v) is 5.65. The molecule has 3 nitrogen and oxygen atoms in total. The summed E-state index contributed by atoms with van der Waals surface area (Å²) in [7, 11) is 0. The van der Waals surface area contributed by atoms with Crippen LogP contribution in [0.4, 0.5) is 0 Å². The van der Waals surface area contributed by atoms with Crippen LogP contribution >= 0.6 is 0 Å². The van der Waals surface area contributed by atoms with Crippen LogP contribution in [0.1, 0.15) is 6.92 Å². The molecule has 0 unspecified atom stereocenters. The Morgan fingerprint density at radius 3 is 2.44 bits per heavy atom. The fourth-order valence-electron chi connectivity index (χ4n) is 1.47. The van der Waals surface area contributed by atoms with Crippen molar-refractivity contribution in [3.05, 3.63) is 40.9 Å². The fourth-order valence-corrected chi connectivity index (χ4v) is 3.37. The summed E-state index contributed by atoms with van der Waals surface area (Å²) in [6, 6.07) is 9.78. The Morgan fingerprint density at radius 2 is 1.88 bits per heavy atom. The molecule has 4 heteroatoms. The van der Waals surface area contributed by atoms with Crippen molar-refractivity contribution in [3.8, 4) is 0 Å². The summed E-state index contributed by atoms with van der Waals surface area (Å²) in [5.41, 5.74) is 0. The summed E-state index contributed by atoms with van der Waals surface area (Å²) in [5.74, 6) is -0.309. The third-order valence-corrected chi connectivity index (χ3v) is 4.40. The molecule has 1 aliphatic heterocycles. The summed E-state index contributed by atoms with van der Waals surface area (Å²) >= 11 is -0.0715. The first-order valence-corrected chi connectivity index (χ1v) is 6.74. The second kappa shape index (κ2) is 4.64. The first-order chi connectivity index (χ1) is 7.72. The second-order valence-electron chi connectivity index (χ2n) is 3.31. The first kappa shape index (κ1) is 11.1. The Hall–Kier alpha value is -1.38. The minimum absolute atomic E-state index is 0.0715. The monoisotopic (exact) mass is 281 g/mol. The van der Waals surface area contributed by atoms with E-state index in [-0.39, 0.29) is 26.8 Å². The summed E-state index contributed by atoms with van der Waals surface area (Å²) < 4.78 is 1.76. The number of imide groups is 1. The topological polar surface area (TPSA) is 37.4 Å². The Morgan fingerprint density at radius 1 is 1.19 bits per heavy atom. The molecular weight excluding hydrogens is 269 g/mol. The van der Waals surface area contributed by atoms with Crippen LogP contribution in [0.25, 0.3) is 0 Å². The first-order valence-electron chi connectivity index (χ1n) is 5.03. The molecule has 16 heavy (non-hydrogen) atoms. The predicted octanol–water partition coefficient (Wildman–Crippen LogP) is 0.289. The number of likely N-dealkylation sites (N-methyl/N-ethyl adjacent to an activating group) is 1. The molecule has 0 bridgehead atoms. The Bertz CT molecular complexity index is 453. The standard InChI is InChI=1S/C12H11NO2Se/c1-2-13-11(14)8-10(12(13)15)16-9-6-4-3-5-7-9/h3-8H,2H2,1H3. The van der Waals surface area contributed by atoms with E-state index in [0.29, 0.717) is 11.0 Å². The average molecular weight is 280 g/mol. The van der Waals surface area contributed by atoms with E-state index in [9.17, 15) is 9.59 Å². The van der Waals surface area contributed by atoms with Crippen molar-refractivity contribution in [3.63, 3.8) is 0 Å². The van der Waals surface area contributed by atoms with Crippen molar-refractivity contribution >= 4 is 31.2 Å². The van der Waals surface area contributed by atoms with Crippen LogP contribution in [0.2, 0.25) is 0 Å². The van der Waals surface area contributed by atoms with Gasteiger partial charge in [0.25, 0.3) is 0 Å². The SMILES string of the molecule is CCN1C(=O)C=C([Se]c2ccccc2)C1=O. The minimum atomic E-state index is -0.180. The van der Waals surface area contributed by atoms with Crippen LogP contribution in [0.5, 0.6) is 0 Å². The fraction of sp³-hybridized carbons (Fsp3) is 0.167. The third-order valence-electron chi connectivity index (χ3n) is 2.26. The van der Waals surface area contributed by atoms with E-state index in [2.05, 4.69) is 0 Å². The number of carbonyl (C=O) groups excluding carboxylic acids is 2. The summed E-state index contributed by atoms with van der Waals surface area (Å²) in [6.45, 7) is 2.25. The molecule has 0 saturated carbocycles. The van der Waals surface area contributed by atoms with E-state index in [4.69, 9.17) is 0 Å². The molecule has 0 aliphatic carbocycles. The van der Waals surface area contributed by atoms with Crippen molar-refractivity contribution < 1.29 is 9.59 Å². The molecule has 1 aromatic carbocycles. The van der Waals surface area contributed by atoms with Crippen molar-refractivity contribution in [2.45, 2.75) is 6.92 Å². The van der Waals surface area contributed by atoms with E-state index < -0.39 is 0 Å². The molecule has 2 rings (SSSR count). The van der Waals surface area contributed by atoms with Crippen molar-refractivity contribution in [2.75, 3.05) is 6.54 Å². The molecule has 0 saturated heterocycles. The molecule has 0 spiro atoms. The van der Waals surface area contributed by atoms with Gasteiger partial charge in [-0.3, -0.25) is 0 Å². The van der Waals surface area contributed by atoms with Crippen molar-refractivity contribution in [1.82, 2.24) is 4.90 Å². The number of hydrogen-bond donors (Lipinski definition) is 0. The van der Waals surface area contributed by atoms with Crippen LogP contribution in [-0.4, -0.2) is 38.2 Å². The number of benzene rings is 1. The van der Waals surface area contributed by atoms with Gasteiger partial charge in [0.05, 0.1) is 0 Å². The Labute approximate surface area is 100 Å². The normalized spacial score (nSPS) is 15.6. The molecule has 0 atom stereocenters. The van der Waals surface area contributed by atoms with Crippen LogP contribution in [0.15, 0.2) is 40.9 Å². The van der Waals surface area contributed by atoms with Crippen LogP contribution in [0.3, 0.4) is 0 Å². The van der Waals surface area contributed by atoms with E-state index in [0.717, 1.165) is 4.46 Å². The molecular formula is C12H11NO2Se. The number of nitrogens with zero attached hydrogens (tertiary/aromatic N) is 1. The zero-order valence-corrected chi connectivity index (χ0v) is 10.6. The maximum absolute atomic E-state index is 11.8. The van der Waals surface area contributed by atoms with E-state index in [1.54, 1.807) is 0 Å². The van der Waals surface area contributed by atoms with Gasteiger partial charge < -0.3 is 0 Å². The van der Waals surface area contributed by atoms with Crippen molar-refractivity contribution in [2.24, 2.45) is 0 Å². The van der Waals surface area contributed by atoms with Crippen LogP contribution < -0.4 is 4.46 Å². The summed E-state index contributed by atoms with van der Waals surface area (Å²) in [6.07, 6.45) is 1.47. The third kappa shape index (κ3) is 2.08. The van der Waals surface area contributed by atoms with Crippen LogP contribution in [-0.2, 0) is 9.59 Å². The molecule has 0 aromatic heterocycles. The molecule has 1 aliphatic rings. The van der Waals surface area contributed by atoms with Gasteiger partial charge in [0.15, 0.2) is 0 Å². The van der Waals surface area contributed by atoms with Gasteiger partial charge in [0, 0.05) is 0 Å². The number of carbonyl (C=O) groups is 2. The molecule has 82 valence electrons. The van der Waals surface area contributed by atoms with E-state index in [1.165, 1.54) is 11.0 Å². The Kier molecular flexibility index (Phi) is 3.22. The van der Waals surface area contributed by atoms with Gasteiger partial charge in [0.2, 0.25) is 0 Å². The zero-order valence-electron chi connectivity index (χ0n) is 8.84. The van der Waals surface area contributed by atoms with Gasteiger partial charge in [-0.05, 0) is 0 Å². The van der Waals surface area contributed by atoms with Gasteiger partial charge in [-0.2, -0.15) is 0 Å². The molecule has 1 aromatic rings. The molecule has 0 fully saturated rings. The average Bonchev–Trinajstić information content (AvgIpc) is 2.55. The zero-order chi connectivity index (χ0) is 11.5. The van der Waals surface area contributed by atoms with E-state index in [1.807, 2.05) is 37.3 Å². The number of rotatable bonds is 3. The molecule has 2 amide bonds.